The van der Waals surface area contributed by atoms with Gasteiger partial charge in [0, 0.05) is 31.3 Å². The second kappa shape index (κ2) is 14.4. The van der Waals surface area contributed by atoms with Crippen LogP contribution in [0.1, 0.15) is 37.9 Å². The van der Waals surface area contributed by atoms with Gasteiger partial charge in [0.25, 0.3) is 5.56 Å². The number of allylic oxidation sites excluding steroid dienone is 5. The molecular weight excluding hydrogens is 514 g/mol. The quantitative estimate of drug-likeness (QED) is 0.176. The minimum absolute atomic E-state index is 0.0985. The van der Waals surface area contributed by atoms with E-state index in [1.165, 1.54) is 10.6 Å². The first-order valence-electron chi connectivity index (χ1n) is 13.2. The Labute approximate surface area is 233 Å². The number of benzene rings is 2. The molecule has 0 aliphatic heterocycles. The van der Waals surface area contributed by atoms with Gasteiger partial charge in [-0.15, -0.1) is 0 Å². The zero-order valence-electron chi connectivity index (χ0n) is 23.5. The van der Waals surface area contributed by atoms with Crippen molar-refractivity contribution < 1.29 is 18.3 Å². The Hall–Kier alpha value is -4.04. The van der Waals surface area contributed by atoms with E-state index in [9.17, 15) is 18.4 Å². The molecule has 1 unspecified atom stereocenters. The highest BCUT2D eigenvalue weighted by Gasteiger charge is 2.21. The standard InChI is InChI=1S/C32H36F2N2O4/c1-6-11-28(34)27(22(3)33)21-36-23(4)30(25-15-17-26(18-16-25)40-29(39-5)12-7-2)31(37)35(32(36)38)20-19-24-13-9-8-10-14-24/h6,8-11,13-18,29H,1,7,12,19-21H2,2-5H3/b27-22+,28-11+. The van der Waals surface area contributed by atoms with Gasteiger partial charge in [-0.2, -0.15) is 0 Å². The van der Waals surface area contributed by atoms with Crippen LogP contribution in [0.3, 0.4) is 0 Å². The molecule has 0 saturated heterocycles. The molecule has 0 aliphatic rings. The van der Waals surface area contributed by atoms with Crippen molar-refractivity contribution in [2.45, 2.75) is 59.4 Å². The minimum Gasteiger partial charge on any atom is -0.465 e. The summed E-state index contributed by atoms with van der Waals surface area (Å²) in [6.07, 6.45) is 3.87. The van der Waals surface area contributed by atoms with Gasteiger partial charge in [0.1, 0.15) is 17.4 Å². The van der Waals surface area contributed by atoms with Crippen LogP contribution < -0.4 is 16.0 Å². The van der Waals surface area contributed by atoms with Gasteiger partial charge in [-0.3, -0.25) is 13.9 Å². The second-order valence-electron chi connectivity index (χ2n) is 9.38. The van der Waals surface area contributed by atoms with Crippen LogP contribution in [0.25, 0.3) is 11.1 Å². The van der Waals surface area contributed by atoms with Crippen molar-refractivity contribution in [3.05, 3.63) is 123 Å². The van der Waals surface area contributed by atoms with Crippen molar-refractivity contribution in [1.29, 1.82) is 0 Å². The highest BCUT2D eigenvalue weighted by Crippen LogP contribution is 2.25. The minimum atomic E-state index is -0.842. The highest BCUT2D eigenvalue weighted by molar-refractivity contribution is 5.65. The van der Waals surface area contributed by atoms with Crippen LogP contribution in [0, 0.1) is 6.92 Å². The Morgan fingerprint density at radius 3 is 2.30 bits per heavy atom. The van der Waals surface area contributed by atoms with Crippen LogP contribution >= 0.6 is 0 Å². The smallest absolute Gasteiger partial charge is 0.331 e. The Kier molecular flexibility index (Phi) is 11.0. The number of hydrogen-bond donors (Lipinski definition) is 0. The number of nitrogens with zero attached hydrogens (tertiary/aromatic N) is 2. The molecule has 8 heteroatoms. The first-order valence-corrected chi connectivity index (χ1v) is 13.2. The van der Waals surface area contributed by atoms with E-state index in [-0.39, 0.29) is 17.7 Å². The molecule has 0 fully saturated rings. The SMILES string of the molecule is C=C/C=C(F)\C(Cn1c(C)c(-c2ccc(OC(CCC)OC)cc2)c(=O)n(CCc2ccccc2)c1=O)=C(/C)F. The maximum absolute atomic E-state index is 14.8. The lowest BCUT2D eigenvalue weighted by atomic mass is 10.0. The third kappa shape index (κ3) is 7.33. The molecule has 0 aliphatic carbocycles. The molecule has 212 valence electrons. The molecule has 3 rings (SSSR count). The lowest BCUT2D eigenvalue weighted by molar-refractivity contribution is -0.0583. The summed E-state index contributed by atoms with van der Waals surface area (Å²) < 4.78 is 42.8. The summed E-state index contributed by atoms with van der Waals surface area (Å²) >= 11 is 0. The molecule has 2 aromatic carbocycles. The lowest BCUT2D eigenvalue weighted by Crippen LogP contribution is -2.42. The molecule has 0 radical (unpaired) electrons. The zero-order valence-corrected chi connectivity index (χ0v) is 23.5. The number of hydrogen-bond acceptors (Lipinski definition) is 4. The van der Waals surface area contributed by atoms with E-state index in [4.69, 9.17) is 9.47 Å². The van der Waals surface area contributed by atoms with Crippen LogP contribution in [0.4, 0.5) is 8.78 Å². The first kappa shape index (κ1) is 30.5. The van der Waals surface area contributed by atoms with E-state index in [2.05, 4.69) is 6.58 Å². The van der Waals surface area contributed by atoms with Gasteiger partial charge in [0.2, 0.25) is 0 Å². The lowest BCUT2D eigenvalue weighted by Gasteiger charge is -2.19. The van der Waals surface area contributed by atoms with Gasteiger partial charge >= 0.3 is 5.69 Å². The van der Waals surface area contributed by atoms with E-state index in [1.807, 2.05) is 37.3 Å². The van der Waals surface area contributed by atoms with Gasteiger partial charge in [0.05, 0.1) is 12.1 Å². The molecule has 6 nitrogen and oxygen atoms in total. The molecule has 1 aromatic heterocycles. The van der Waals surface area contributed by atoms with Crippen LogP contribution in [0.15, 0.2) is 100 Å². The van der Waals surface area contributed by atoms with Crippen molar-refractivity contribution in [3.63, 3.8) is 0 Å². The second-order valence-corrected chi connectivity index (χ2v) is 9.38. The zero-order chi connectivity index (χ0) is 29.2. The van der Waals surface area contributed by atoms with Crippen molar-refractivity contribution in [3.8, 4) is 16.9 Å². The Bertz CT molecular complexity index is 1480. The average molecular weight is 551 g/mol. The summed E-state index contributed by atoms with van der Waals surface area (Å²) in [5.74, 6) is -1.05. The van der Waals surface area contributed by atoms with E-state index >= 15 is 0 Å². The van der Waals surface area contributed by atoms with Crippen LogP contribution in [-0.2, 0) is 24.2 Å². The topological polar surface area (TPSA) is 62.5 Å². The van der Waals surface area contributed by atoms with Gasteiger partial charge in [0.15, 0.2) is 6.29 Å². The number of rotatable bonds is 13. The fourth-order valence-electron chi connectivity index (χ4n) is 4.43. The molecule has 0 spiro atoms. The molecule has 1 heterocycles. The van der Waals surface area contributed by atoms with Crippen LogP contribution in [-0.4, -0.2) is 22.5 Å². The number of halogens is 2. The monoisotopic (exact) mass is 550 g/mol. The molecular formula is C32H36F2N2O4. The molecule has 0 N–H and O–H groups in total. The Balaban J connectivity index is 2.14. The van der Waals surface area contributed by atoms with E-state index in [1.54, 1.807) is 38.3 Å². The fraction of sp³-hybridized carbons (Fsp3) is 0.312. The highest BCUT2D eigenvalue weighted by atomic mass is 19.1. The maximum atomic E-state index is 14.8. The maximum Gasteiger partial charge on any atom is 0.331 e. The molecule has 3 aromatic rings. The fourth-order valence-corrected chi connectivity index (χ4v) is 4.43. The average Bonchev–Trinajstić information content (AvgIpc) is 2.94. The van der Waals surface area contributed by atoms with E-state index in [0.717, 1.165) is 36.0 Å². The van der Waals surface area contributed by atoms with Gasteiger partial charge in [-0.05, 0) is 49.6 Å². The number of aromatic nitrogens is 2. The summed E-state index contributed by atoms with van der Waals surface area (Å²) in [6.45, 7) is 7.93. The van der Waals surface area contributed by atoms with Crippen LogP contribution in [0.2, 0.25) is 0 Å². The van der Waals surface area contributed by atoms with E-state index < -0.39 is 35.7 Å². The molecule has 0 amide bonds. The van der Waals surface area contributed by atoms with Crippen molar-refractivity contribution in [2.24, 2.45) is 0 Å². The summed E-state index contributed by atoms with van der Waals surface area (Å²) in [6, 6.07) is 16.4. The normalized spacial score (nSPS) is 13.1. The summed E-state index contributed by atoms with van der Waals surface area (Å²) in [5, 5.41) is 0. The summed E-state index contributed by atoms with van der Waals surface area (Å²) in [4.78, 5) is 27.4. The Morgan fingerprint density at radius 2 is 1.73 bits per heavy atom. The molecule has 40 heavy (non-hydrogen) atoms. The number of methoxy groups -OCH3 is 1. The van der Waals surface area contributed by atoms with Crippen molar-refractivity contribution in [1.82, 2.24) is 9.13 Å². The predicted molar refractivity (Wildman–Crippen MR) is 155 cm³/mol. The summed E-state index contributed by atoms with van der Waals surface area (Å²) in [5.41, 5.74) is 0.638. The molecule has 0 saturated carbocycles. The van der Waals surface area contributed by atoms with E-state index in [0.29, 0.717) is 23.4 Å². The molecule has 0 bridgehead atoms. The number of ether oxygens (including phenoxy) is 2. The molecule has 1 atom stereocenters. The van der Waals surface area contributed by atoms with Crippen LogP contribution in [0.5, 0.6) is 5.75 Å². The van der Waals surface area contributed by atoms with Crippen molar-refractivity contribution in [2.75, 3.05) is 7.11 Å². The summed E-state index contributed by atoms with van der Waals surface area (Å²) in [7, 11) is 1.58. The van der Waals surface area contributed by atoms with Gasteiger partial charge in [-0.25, -0.2) is 13.6 Å². The largest absolute Gasteiger partial charge is 0.465 e. The first-order chi connectivity index (χ1) is 19.2. The predicted octanol–water partition coefficient (Wildman–Crippen LogP) is 6.66. The Morgan fingerprint density at radius 1 is 1.05 bits per heavy atom. The third-order valence-electron chi connectivity index (χ3n) is 6.64. The third-order valence-corrected chi connectivity index (χ3v) is 6.64. The van der Waals surface area contributed by atoms with Gasteiger partial charge in [-0.1, -0.05) is 68.5 Å². The number of aryl methyl sites for hydroxylation is 1. The van der Waals surface area contributed by atoms with Crippen molar-refractivity contribution >= 4 is 0 Å². The van der Waals surface area contributed by atoms with Gasteiger partial charge < -0.3 is 9.47 Å².